The molecule has 2 aromatic heterocycles. The van der Waals surface area contributed by atoms with Crippen LogP contribution in [0.3, 0.4) is 0 Å². The first-order chi connectivity index (χ1) is 16.6. The highest BCUT2D eigenvalue weighted by Gasteiger charge is 2.38. The van der Waals surface area contributed by atoms with E-state index in [0.29, 0.717) is 21.7 Å². The number of aromatic carboxylic acids is 1. The first-order valence-corrected chi connectivity index (χ1v) is 14.5. The molecule has 2 aliphatic carbocycles. The fourth-order valence-corrected chi connectivity index (χ4v) is 7.29. The molecule has 6 nitrogen and oxygen atoms in total. The van der Waals surface area contributed by atoms with E-state index in [0.717, 1.165) is 61.4 Å². The number of carbonyl (C=O) groups excluding carboxylic acids is 1. The van der Waals surface area contributed by atoms with Crippen molar-refractivity contribution >= 4 is 40.7 Å². The van der Waals surface area contributed by atoms with E-state index in [1.165, 1.54) is 11.3 Å². The second-order valence-corrected chi connectivity index (χ2v) is 13.4. The maximum absolute atomic E-state index is 14.0. The number of hydrogen-bond donors (Lipinski definition) is 1. The molecule has 0 saturated heterocycles. The highest BCUT2D eigenvalue weighted by atomic mass is 32.2. The van der Waals surface area contributed by atoms with E-state index < -0.39 is 5.97 Å². The molecule has 35 heavy (non-hydrogen) atoms. The van der Waals surface area contributed by atoms with Crippen LogP contribution in [0.15, 0.2) is 29.7 Å². The first kappa shape index (κ1) is 26.1. The molecule has 0 aliphatic heterocycles. The van der Waals surface area contributed by atoms with Gasteiger partial charge in [-0.3, -0.25) is 4.79 Å². The third kappa shape index (κ3) is 6.26. The van der Waals surface area contributed by atoms with Gasteiger partial charge in [0.05, 0.1) is 5.69 Å². The van der Waals surface area contributed by atoms with E-state index in [1.54, 1.807) is 24.2 Å². The van der Waals surface area contributed by atoms with Crippen molar-refractivity contribution in [2.24, 2.45) is 11.8 Å². The standard InChI is InChI=1S/C27H37N3O3S2/c1-17-6-8-18(9-7-17)24(31)30(21-16-22(27(2,3)4)35-23(21)25(32)33)19-10-12-20(13-11-19)34-26-28-14-5-15-29-26/h5,14-20H,6-13H2,1-4H3,(H,32,33)/t17-,18-,19-,20+. The monoisotopic (exact) mass is 515 g/mol. The topological polar surface area (TPSA) is 83.4 Å². The molecule has 0 aromatic carbocycles. The summed E-state index contributed by atoms with van der Waals surface area (Å²) in [5.74, 6) is -0.180. The zero-order chi connectivity index (χ0) is 25.2. The number of aromatic nitrogens is 2. The molecular formula is C27H37N3O3S2. The number of anilines is 1. The van der Waals surface area contributed by atoms with E-state index in [-0.39, 0.29) is 23.3 Å². The Kier molecular flexibility index (Phi) is 8.21. The summed E-state index contributed by atoms with van der Waals surface area (Å²) in [6.45, 7) is 8.54. The van der Waals surface area contributed by atoms with Crippen LogP contribution in [0.2, 0.25) is 0 Å². The Morgan fingerprint density at radius 1 is 1.03 bits per heavy atom. The minimum Gasteiger partial charge on any atom is -0.477 e. The quantitative estimate of drug-likeness (QED) is 0.426. The second kappa shape index (κ2) is 11.0. The fourth-order valence-electron chi connectivity index (χ4n) is 5.20. The first-order valence-electron chi connectivity index (χ1n) is 12.8. The van der Waals surface area contributed by atoms with E-state index >= 15 is 0 Å². The molecule has 2 fully saturated rings. The van der Waals surface area contributed by atoms with Gasteiger partial charge in [-0.15, -0.1) is 11.3 Å². The molecule has 190 valence electrons. The van der Waals surface area contributed by atoms with Gasteiger partial charge in [0.15, 0.2) is 5.16 Å². The summed E-state index contributed by atoms with van der Waals surface area (Å²) in [6.07, 6.45) is 11.1. The van der Waals surface area contributed by atoms with Crippen molar-refractivity contribution in [2.75, 3.05) is 4.90 Å². The lowest BCUT2D eigenvalue weighted by molar-refractivity contribution is -0.124. The molecule has 2 aromatic rings. The van der Waals surface area contributed by atoms with Gasteiger partial charge in [0.2, 0.25) is 5.91 Å². The summed E-state index contributed by atoms with van der Waals surface area (Å²) < 4.78 is 0. The van der Waals surface area contributed by atoms with Crippen molar-refractivity contribution in [3.63, 3.8) is 0 Å². The van der Waals surface area contributed by atoms with Crippen LogP contribution in [-0.2, 0) is 10.2 Å². The summed E-state index contributed by atoms with van der Waals surface area (Å²) in [4.78, 5) is 38.2. The van der Waals surface area contributed by atoms with E-state index in [4.69, 9.17) is 0 Å². The SMILES string of the molecule is CC(C)(C)c1cc(N(C(=O)[C@H]2CC[C@H](C)CC2)[C@H]2CC[C@@H](Sc3ncccn3)CC2)c(C(=O)O)s1. The van der Waals surface area contributed by atoms with Crippen LogP contribution in [0, 0.1) is 11.8 Å². The lowest BCUT2D eigenvalue weighted by atomic mass is 9.81. The third-order valence-electron chi connectivity index (χ3n) is 7.33. The van der Waals surface area contributed by atoms with Gasteiger partial charge in [0, 0.05) is 34.5 Å². The molecular weight excluding hydrogens is 478 g/mol. The van der Waals surface area contributed by atoms with Crippen molar-refractivity contribution in [3.05, 3.63) is 34.3 Å². The number of rotatable bonds is 6. The van der Waals surface area contributed by atoms with Gasteiger partial charge < -0.3 is 10.0 Å². The number of hydrogen-bond acceptors (Lipinski definition) is 6. The summed E-state index contributed by atoms with van der Waals surface area (Å²) in [7, 11) is 0. The van der Waals surface area contributed by atoms with Crippen molar-refractivity contribution in [2.45, 2.75) is 101 Å². The summed E-state index contributed by atoms with van der Waals surface area (Å²) in [6, 6.07) is 3.83. The number of nitrogens with zero attached hydrogens (tertiary/aromatic N) is 3. The minimum atomic E-state index is -0.943. The Morgan fingerprint density at radius 2 is 1.66 bits per heavy atom. The number of carbonyl (C=O) groups is 2. The molecule has 1 N–H and O–H groups in total. The molecule has 0 spiro atoms. The second-order valence-electron chi connectivity index (χ2n) is 11.1. The van der Waals surface area contributed by atoms with E-state index in [9.17, 15) is 14.7 Å². The van der Waals surface area contributed by atoms with Gasteiger partial charge in [0.1, 0.15) is 4.88 Å². The van der Waals surface area contributed by atoms with Crippen LogP contribution in [0.25, 0.3) is 0 Å². The normalized spacial score (nSPS) is 25.3. The number of carboxylic acids is 1. The molecule has 2 heterocycles. The molecule has 2 aliphatic rings. The minimum absolute atomic E-state index is 0.0179. The Balaban J connectivity index is 1.60. The maximum Gasteiger partial charge on any atom is 0.348 e. The lowest BCUT2D eigenvalue weighted by Gasteiger charge is -2.39. The zero-order valence-corrected chi connectivity index (χ0v) is 22.8. The Morgan fingerprint density at radius 3 is 2.23 bits per heavy atom. The van der Waals surface area contributed by atoms with Crippen LogP contribution in [-0.4, -0.2) is 38.2 Å². The molecule has 0 bridgehead atoms. The number of thioether (sulfide) groups is 1. The summed E-state index contributed by atoms with van der Waals surface area (Å²) >= 11 is 3.03. The highest BCUT2D eigenvalue weighted by molar-refractivity contribution is 7.99. The fraction of sp³-hybridized carbons (Fsp3) is 0.630. The van der Waals surface area contributed by atoms with Gasteiger partial charge in [-0.2, -0.15) is 0 Å². The average molecular weight is 516 g/mol. The smallest absolute Gasteiger partial charge is 0.348 e. The number of carboxylic acid groups (broad SMARTS) is 1. The Hall–Kier alpha value is -1.93. The predicted octanol–water partition coefficient (Wildman–Crippen LogP) is 6.80. The summed E-state index contributed by atoms with van der Waals surface area (Å²) in [5, 5.41) is 11.3. The van der Waals surface area contributed by atoms with Gasteiger partial charge in [-0.1, -0.05) is 39.5 Å². The molecule has 0 atom stereocenters. The molecule has 0 unspecified atom stereocenters. The van der Waals surface area contributed by atoms with Crippen LogP contribution in [0.4, 0.5) is 5.69 Å². The third-order valence-corrected chi connectivity index (χ3v) is 10.1. The average Bonchev–Trinajstić information content (AvgIpc) is 3.27. The van der Waals surface area contributed by atoms with Crippen molar-refractivity contribution in [1.82, 2.24) is 9.97 Å². The molecule has 1 amide bonds. The van der Waals surface area contributed by atoms with Crippen LogP contribution < -0.4 is 4.90 Å². The lowest BCUT2D eigenvalue weighted by Crippen LogP contribution is -2.46. The molecule has 4 rings (SSSR count). The Bertz CT molecular complexity index is 1020. The van der Waals surface area contributed by atoms with Crippen molar-refractivity contribution < 1.29 is 14.7 Å². The molecule has 8 heteroatoms. The van der Waals surface area contributed by atoms with Crippen LogP contribution in [0.1, 0.15) is 93.6 Å². The largest absolute Gasteiger partial charge is 0.477 e. The van der Waals surface area contributed by atoms with Crippen molar-refractivity contribution in [1.29, 1.82) is 0 Å². The Labute approximate surface area is 216 Å². The van der Waals surface area contributed by atoms with Gasteiger partial charge in [-0.05, 0) is 74.8 Å². The van der Waals surface area contributed by atoms with E-state index in [2.05, 4.69) is 37.7 Å². The van der Waals surface area contributed by atoms with Crippen molar-refractivity contribution in [3.8, 4) is 0 Å². The van der Waals surface area contributed by atoms with Crippen LogP contribution in [0.5, 0.6) is 0 Å². The highest BCUT2D eigenvalue weighted by Crippen LogP contribution is 2.43. The zero-order valence-electron chi connectivity index (χ0n) is 21.2. The number of amides is 1. The van der Waals surface area contributed by atoms with Gasteiger partial charge >= 0.3 is 5.97 Å². The van der Waals surface area contributed by atoms with E-state index in [1.807, 2.05) is 17.0 Å². The molecule has 0 radical (unpaired) electrons. The maximum atomic E-state index is 14.0. The predicted molar refractivity (Wildman–Crippen MR) is 143 cm³/mol. The molecule has 2 saturated carbocycles. The number of thiophene rings is 1. The van der Waals surface area contributed by atoms with Crippen LogP contribution >= 0.6 is 23.1 Å². The van der Waals surface area contributed by atoms with Gasteiger partial charge in [0.25, 0.3) is 0 Å². The van der Waals surface area contributed by atoms with Gasteiger partial charge in [-0.25, -0.2) is 14.8 Å². The summed E-state index contributed by atoms with van der Waals surface area (Å²) in [5.41, 5.74) is 0.435.